The normalized spacial score (nSPS) is 13.2. The summed E-state index contributed by atoms with van der Waals surface area (Å²) in [4.78, 5) is 0.0997. The van der Waals surface area contributed by atoms with Gasteiger partial charge in [0, 0.05) is 12.5 Å². The van der Waals surface area contributed by atoms with Gasteiger partial charge < -0.3 is 5.11 Å². The Morgan fingerprint density at radius 3 is 1.96 bits per heavy atom. The summed E-state index contributed by atoms with van der Waals surface area (Å²) >= 11 is 0. The number of benzene rings is 2. The van der Waals surface area contributed by atoms with Crippen molar-refractivity contribution in [2.24, 2.45) is 0 Å². The second-order valence-electron chi connectivity index (χ2n) is 5.39. The van der Waals surface area contributed by atoms with E-state index in [0.29, 0.717) is 5.56 Å². The number of sulfonamides is 1. The van der Waals surface area contributed by atoms with Gasteiger partial charge >= 0.3 is 0 Å². The Morgan fingerprint density at radius 2 is 1.50 bits per heavy atom. The maximum absolute atomic E-state index is 12.7. The molecule has 2 rings (SSSR count). The lowest BCUT2D eigenvalue weighted by atomic mass is 9.98. The van der Waals surface area contributed by atoms with E-state index in [1.54, 1.807) is 36.4 Å². The SMILES string of the molecule is CC(c1ccc(-c2ccc(S(=O)(=O)NCCO)cc2)cc1)C(F)F. The number of halogens is 2. The Labute approximate surface area is 140 Å². The molecule has 2 aromatic carbocycles. The molecule has 4 nitrogen and oxygen atoms in total. The highest BCUT2D eigenvalue weighted by Gasteiger charge is 2.17. The average Bonchev–Trinajstić information content (AvgIpc) is 2.59. The van der Waals surface area contributed by atoms with Gasteiger partial charge in [-0.05, 0) is 28.8 Å². The van der Waals surface area contributed by atoms with Crippen molar-refractivity contribution in [3.63, 3.8) is 0 Å². The summed E-state index contributed by atoms with van der Waals surface area (Å²) < 4.78 is 51.5. The standard InChI is InChI=1S/C17H19F2NO3S/c1-12(17(18)19)13-2-4-14(5-3-13)15-6-8-16(9-7-15)24(22,23)20-10-11-21/h2-9,12,17,20-21H,10-11H2,1H3. The monoisotopic (exact) mass is 355 g/mol. The van der Waals surface area contributed by atoms with E-state index in [2.05, 4.69) is 4.72 Å². The van der Waals surface area contributed by atoms with Crippen molar-refractivity contribution in [3.05, 3.63) is 54.1 Å². The van der Waals surface area contributed by atoms with Crippen molar-refractivity contribution in [2.75, 3.05) is 13.2 Å². The van der Waals surface area contributed by atoms with Gasteiger partial charge in [-0.1, -0.05) is 43.3 Å². The van der Waals surface area contributed by atoms with Crippen molar-refractivity contribution in [1.82, 2.24) is 4.72 Å². The number of rotatable bonds is 7. The molecule has 24 heavy (non-hydrogen) atoms. The first kappa shape index (κ1) is 18.5. The third-order valence-corrected chi connectivity index (χ3v) is 5.19. The fourth-order valence-corrected chi connectivity index (χ4v) is 3.24. The Balaban J connectivity index is 2.19. The highest BCUT2D eigenvalue weighted by molar-refractivity contribution is 7.89. The van der Waals surface area contributed by atoms with Crippen LogP contribution in [0.3, 0.4) is 0 Å². The topological polar surface area (TPSA) is 66.4 Å². The van der Waals surface area contributed by atoms with Crippen molar-refractivity contribution in [2.45, 2.75) is 24.2 Å². The van der Waals surface area contributed by atoms with E-state index in [0.717, 1.165) is 11.1 Å². The summed E-state index contributed by atoms with van der Waals surface area (Å²) in [7, 11) is -3.64. The fraction of sp³-hybridized carbons (Fsp3) is 0.294. The van der Waals surface area contributed by atoms with E-state index in [1.165, 1.54) is 19.1 Å². The molecule has 1 atom stereocenters. The summed E-state index contributed by atoms with van der Waals surface area (Å²) in [6, 6.07) is 13.0. The van der Waals surface area contributed by atoms with Gasteiger partial charge in [0.2, 0.25) is 16.4 Å². The van der Waals surface area contributed by atoms with Crippen LogP contribution in [0.5, 0.6) is 0 Å². The van der Waals surface area contributed by atoms with Gasteiger partial charge in [0.15, 0.2) is 0 Å². The minimum Gasteiger partial charge on any atom is -0.395 e. The van der Waals surface area contributed by atoms with Gasteiger partial charge in [0.05, 0.1) is 11.5 Å². The van der Waals surface area contributed by atoms with Crippen LogP contribution in [0.2, 0.25) is 0 Å². The lowest BCUT2D eigenvalue weighted by Gasteiger charge is -2.11. The molecule has 1 unspecified atom stereocenters. The molecule has 0 aliphatic carbocycles. The van der Waals surface area contributed by atoms with Crippen LogP contribution in [-0.4, -0.2) is 33.1 Å². The maximum atomic E-state index is 12.7. The molecule has 0 heterocycles. The second kappa shape index (κ2) is 7.83. The predicted octanol–water partition coefficient (Wildman–Crippen LogP) is 2.99. The van der Waals surface area contributed by atoms with Crippen molar-refractivity contribution >= 4 is 10.0 Å². The minimum atomic E-state index is -3.64. The zero-order chi connectivity index (χ0) is 17.7. The zero-order valence-electron chi connectivity index (χ0n) is 13.1. The zero-order valence-corrected chi connectivity index (χ0v) is 13.9. The number of hydrogen-bond acceptors (Lipinski definition) is 3. The number of aliphatic hydroxyl groups is 1. The average molecular weight is 355 g/mol. The highest BCUT2D eigenvalue weighted by Crippen LogP contribution is 2.26. The molecule has 0 bridgehead atoms. The van der Waals surface area contributed by atoms with Gasteiger partial charge in [0.1, 0.15) is 0 Å². The van der Waals surface area contributed by atoms with E-state index < -0.39 is 22.4 Å². The second-order valence-corrected chi connectivity index (χ2v) is 7.16. The van der Waals surface area contributed by atoms with E-state index in [-0.39, 0.29) is 18.0 Å². The summed E-state index contributed by atoms with van der Waals surface area (Å²) in [5.74, 6) is -0.829. The molecule has 0 spiro atoms. The minimum absolute atomic E-state index is 0.0477. The molecular weight excluding hydrogens is 336 g/mol. The van der Waals surface area contributed by atoms with Crippen molar-refractivity contribution in [1.29, 1.82) is 0 Å². The summed E-state index contributed by atoms with van der Waals surface area (Å²) in [5, 5.41) is 8.69. The van der Waals surface area contributed by atoms with Gasteiger partial charge in [-0.3, -0.25) is 0 Å². The van der Waals surface area contributed by atoms with Crippen LogP contribution in [0.15, 0.2) is 53.4 Å². The molecule has 0 fully saturated rings. The van der Waals surface area contributed by atoms with E-state index in [1.807, 2.05) is 0 Å². The molecule has 0 aliphatic rings. The summed E-state index contributed by atoms with van der Waals surface area (Å²) in [6.45, 7) is 1.15. The third kappa shape index (κ3) is 4.37. The van der Waals surface area contributed by atoms with Crippen molar-refractivity contribution < 1.29 is 22.3 Å². The van der Waals surface area contributed by atoms with Gasteiger partial charge in [-0.25, -0.2) is 21.9 Å². The molecule has 0 aromatic heterocycles. The van der Waals surface area contributed by atoms with Crippen LogP contribution in [0.4, 0.5) is 8.78 Å². The highest BCUT2D eigenvalue weighted by atomic mass is 32.2. The molecule has 0 saturated carbocycles. The van der Waals surface area contributed by atoms with Crippen molar-refractivity contribution in [3.8, 4) is 11.1 Å². The smallest absolute Gasteiger partial charge is 0.245 e. The Bertz CT molecular complexity index is 759. The molecule has 0 aliphatic heterocycles. The lowest BCUT2D eigenvalue weighted by Crippen LogP contribution is -2.26. The molecule has 0 radical (unpaired) electrons. The van der Waals surface area contributed by atoms with Gasteiger partial charge in [-0.15, -0.1) is 0 Å². The fourth-order valence-electron chi connectivity index (χ4n) is 2.21. The van der Waals surface area contributed by atoms with Crippen LogP contribution < -0.4 is 4.72 Å². The van der Waals surface area contributed by atoms with Crippen LogP contribution in [0, 0.1) is 0 Å². The predicted molar refractivity (Wildman–Crippen MR) is 88.6 cm³/mol. The molecule has 130 valence electrons. The quantitative estimate of drug-likeness (QED) is 0.802. The third-order valence-electron chi connectivity index (χ3n) is 3.72. The number of nitrogens with one attached hydrogen (secondary N) is 1. The Hall–Kier alpha value is -1.83. The van der Waals surface area contributed by atoms with Crippen LogP contribution in [-0.2, 0) is 10.0 Å². The molecule has 2 N–H and O–H groups in total. The lowest BCUT2D eigenvalue weighted by molar-refractivity contribution is 0.121. The molecule has 0 amide bonds. The van der Waals surface area contributed by atoms with Crippen LogP contribution >= 0.6 is 0 Å². The largest absolute Gasteiger partial charge is 0.395 e. The number of alkyl halides is 2. The maximum Gasteiger partial charge on any atom is 0.245 e. The van der Waals surface area contributed by atoms with Crippen LogP contribution in [0.25, 0.3) is 11.1 Å². The molecule has 7 heteroatoms. The molecular formula is C17H19F2NO3S. The first-order valence-corrected chi connectivity index (χ1v) is 8.92. The Morgan fingerprint density at radius 1 is 1.00 bits per heavy atom. The van der Waals surface area contributed by atoms with Gasteiger partial charge in [-0.2, -0.15) is 0 Å². The molecule has 0 saturated heterocycles. The summed E-state index contributed by atoms with van der Waals surface area (Å²) in [6.07, 6.45) is -2.41. The summed E-state index contributed by atoms with van der Waals surface area (Å²) in [5.41, 5.74) is 2.15. The first-order valence-electron chi connectivity index (χ1n) is 7.44. The molecule has 2 aromatic rings. The van der Waals surface area contributed by atoms with E-state index in [9.17, 15) is 17.2 Å². The first-order chi connectivity index (χ1) is 11.3. The number of hydrogen-bond donors (Lipinski definition) is 2. The van der Waals surface area contributed by atoms with E-state index in [4.69, 9.17) is 5.11 Å². The van der Waals surface area contributed by atoms with Crippen LogP contribution in [0.1, 0.15) is 18.4 Å². The van der Waals surface area contributed by atoms with E-state index >= 15 is 0 Å². The Kier molecular flexibility index (Phi) is 6.04. The number of aliphatic hydroxyl groups excluding tert-OH is 1. The van der Waals surface area contributed by atoms with Gasteiger partial charge in [0.25, 0.3) is 0 Å².